The Morgan fingerprint density at radius 3 is 2.71 bits per heavy atom. The molecule has 0 aliphatic carbocycles. The van der Waals surface area contributed by atoms with Gasteiger partial charge in [-0.25, -0.2) is 13.1 Å². The number of hydrogen-bond acceptors (Lipinski definition) is 4. The standard InChI is InChI=1S/C11H13NO3S2/c1-8-7-15-9(2)11(8)17(13,14)12-6-10-4-3-5-16-10/h3-5,7,12H,6H2,1-2H3. The lowest BCUT2D eigenvalue weighted by Gasteiger charge is -2.05. The molecule has 1 N–H and O–H groups in total. The van der Waals surface area contributed by atoms with Gasteiger partial charge in [0.25, 0.3) is 0 Å². The van der Waals surface area contributed by atoms with Gasteiger partial charge in [-0.15, -0.1) is 11.3 Å². The number of sulfonamides is 1. The van der Waals surface area contributed by atoms with Gasteiger partial charge in [-0.05, 0) is 25.3 Å². The zero-order valence-corrected chi connectivity index (χ0v) is 11.2. The van der Waals surface area contributed by atoms with Gasteiger partial charge in [0.1, 0.15) is 10.7 Å². The molecule has 0 saturated heterocycles. The fraction of sp³-hybridized carbons (Fsp3) is 0.273. The van der Waals surface area contributed by atoms with Gasteiger partial charge in [0.05, 0.1) is 6.26 Å². The van der Waals surface area contributed by atoms with Gasteiger partial charge in [-0.1, -0.05) is 6.07 Å². The third-order valence-corrected chi connectivity index (χ3v) is 4.92. The van der Waals surface area contributed by atoms with Gasteiger partial charge in [0.15, 0.2) is 0 Å². The van der Waals surface area contributed by atoms with Crippen molar-refractivity contribution < 1.29 is 12.8 Å². The number of hydrogen-bond donors (Lipinski definition) is 1. The Labute approximate surface area is 104 Å². The molecule has 0 atom stereocenters. The maximum Gasteiger partial charge on any atom is 0.244 e. The third-order valence-electron chi connectivity index (χ3n) is 2.38. The lowest BCUT2D eigenvalue weighted by molar-refractivity contribution is 0.520. The SMILES string of the molecule is Cc1coc(C)c1S(=O)(=O)NCc1cccs1. The minimum atomic E-state index is -3.49. The van der Waals surface area contributed by atoms with Crippen LogP contribution in [0.5, 0.6) is 0 Å². The van der Waals surface area contributed by atoms with Gasteiger partial charge in [0, 0.05) is 17.0 Å². The molecule has 0 aliphatic rings. The fourth-order valence-corrected chi connectivity index (χ4v) is 3.74. The first-order valence-electron chi connectivity index (χ1n) is 5.07. The highest BCUT2D eigenvalue weighted by Crippen LogP contribution is 2.21. The first-order chi connectivity index (χ1) is 8.00. The highest BCUT2D eigenvalue weighted by Gasteiger charge is 2.22. The van der Waals surface area contributed by atoms with Gasteiger partial charge < -0.3 is 4.42 Å². The van der Waals surface area contributed by atoms with Crippen LogP contribution in [0.1, 0.15) is 16.2 Å². The Balaban J connectivity index is 2.20. The van der Waals surface area contributed by atoms with E-state index in [2.05, 4.69) is 4.72 Å². The van der Waals surface area contributed by atoms with E-state index in [4.69, 9.17) is 4.42 Å². The maximum absolute atomic E-state index is 12.1. The molecular weight excluding hydrogens is 258 g/mol. The van der Waals surface area contributed by atoms with Crippen molar-refractivity contribution in [3.63, 3.8) is 0 Å². The molecule has 17 heavy (non-hydrogen) atoms. The van der Waals surface area contributed by atoms with Gasteiger partial charge >= 0.3 is 0 Å². The van der Waals surface area contributed by atoms with Crippen molar-refractivity contribution in [3.8, 4) is 0 Å². The second-order valence-electron chi connectivity index (χ2n) is 3.71. The quantitative estimate of drug-likeness (QED) is 0.929. The molecule has 92 valence electrons. The molecule has 2 aromatic rings. The highest BCUT2D eigenvalue weighted by atomic mass is 32.2. The smallest absolute Gasteiger partial charge is 0.244 e. The molecule has 4 nitrogen and oxygen atoms in total. The minimum absolute atomic E-state index is 0.244. The Kier molecular flexibility index (Phi) is 3.37. The Hall–Kier alpha value is -1.11. The lowest BCUT2D eigenvalue weighted by atomic mass is 10.3. The summed E-state index contributed by atoms with van der Waals surface area (Å²) in [5.74, 6) is 0.418. The van der Waals surface area contributed by atoms with Crippen LogP contribution in [0, 0.1) is 13.8 Å². The largest absolute Gasteiger partial charge is 0.468 e. The number of nitrogens with one attached hydrogen (secondary N) is 1. The lowest BCUT2D eigenvalue weighted by Crippen LogP contribution is -2.23. The van der Waals surface area contributed by atoms with E-state index in [1.54, 1.807) is 13.8 Å². The normalized spacial score (nSPS) is 11.9. The molecule has 0 saturated carbocycles. The van der Waals surface area contributed by atoms with Crippen LogP contribution < -0.4 is 4.72 Å². The second kappa shape index (κ2) is 4.64. The zero-order valence-electron chi connectivity index (χ0n) is 9.56. The molecule has 2 rings (SSSR count). The van der Waals surface area contributed by atoms with Crippen molar-refractivity contribution in [1.29, 1.82) is 0 Å². The van der Waals surface area contributed by atoms with Crippen molar-refractivity contribution in [2.75, 3.05) is 0 Å². The van der Waals surface area contributed by atoms with Crippen molar-refractivity contribution in [2.24, 2.45) is 0 Å². The van der Waals surface area contributed by atoms with Crippen LogP contribution in [0.15, 0.2) is 33.1 Å². The van der Waals surface area contributed by atoms with Gasteiger partial charge in [-0.2, -0.15) is 0 Å². The molecule has 0 bridgehead atoms. The molecular formula is C11H13NO3S2. The number of thiophene rings is 1. The molecule has 0 aliphatic heterocycles. The van der Waals surface area contributed by atoms with E-state index in [0.717, 1.165) is 4.88 Å². The molecule has 0 radical (unpaired) electrons. The molecule has 0 unspecified atom stereocenters. The summed E-state index contributed by atoms with van der Waals surface area (Å²) in [6.45, 7) is 3.67. The Bertz CT molecular complexity index is 577. The van der Waals surface area contributed by atoms with Crippen LogP contribution in [-0.2, 0) is 16.6 Å². The Morgan fingerprint density at radius 2 is 2.18 bits per heavy atom. The molecule has 0 fully saturated rings. The molecule has 0 spiro atoms. The third kappa shape index (κ3) is 2.59. The van der Waals surface area contributed by atoms with E-state index in [0.29, 0.717) is 17.9 Å². The van der Waals surface area contributed by atoms with Crippen molar-refractivity contribution in [1.82, 2.24) is 4.72 Å². The summed E-state index contributed by atoms with van der Waals surface area (Å²) < 4.78 is 31.8. The average Bonchev–Trinajstić information content (AvgIpc) is 2.86. The summed E-state index contributed by atoms with van der Waals surface area (Å²) in [4.78, 5) is 1.22. The zero-order chi connectivity index (χ0) is 12.5. The van der Waals surface area contributed by atoms with E-state index < -0.39 is 10.0 Å². The van der Waals surface area contributed by atoms with Crippen LogP contribution in [0.3, 0.4) is 0 Å². The maximum atomic E-state index is 12.1. The molecule has 0 aromatic carbocycles. The number of aryl methyl sites for hydroxylation is 2. The summed E-state index contributed by atoms with van der Waals surface area (Å²) >= 11 is 1.52. The minimum Gasteiger partial charge on any atom is -0.468 e. The van der Waals surface area contributed by atoms with Crippen molar-refractivity contribution in [2.45, 2.75) is 25.3 Å². The van der Waals surface area contributed by atoms with E-state index in [1.165, 1.54) is 17.6 Å². The predicted molar refractivity (Wildman–Crippen MR) is 66.5 cm³/mol. The number of rotatable bonds is 4. The fourth-order valence-electron chi connectivity index (χ4n) is 1.61. The molecule has 2 heterocycles. The van der Waals surface area contributed by atoms with E-state index in [-0.39, 0.29) is 4.90 Å². The summed E-state index contributed by atoms with van der Waals surface area (Å²) in [5.41, 5.74) is 0.626. The van der Waals surface area contributed by atoms with E-state index >= 15 is 0 Å². The first kappa shape index (κ1) is 12.3. The average molecular weight is 271 g/mol. The molecule has 2 aromatic heterocycles. The Morgan fingerprint density at radius 1 is 1.41 bits per heavy atom. The molecule has 6 heteroatoms. The van der Waals surface area contributed by atoms with Crippen molar-refractivity contribution in [3.05, 3.63) is 40.0 Å². The summed E-state index contributed by atoms with van der Waals surface area (Å²) in [5, 5.41) is 1.91. The predicted octanol–water partition coefficient (Wildman–Crippen LogP) is 2.44. The van der Waals surface area contributed by atoms with E-state index in [9.17, 15) is 8.42 Å². The molecule has 0 amide bonds. The monoisotopic (exact) mass is 271 g/mol. The highest BCUT2D eigenvalue weighted by molar-refractivity contribution is 7.89. The van der Waals surface area contributed by atoms with Crippen LogP contribution in [-0.4, -0.2) is 8.42 Å². The van der Waals surface area contributed by atoms with Crippen LogP contribution in [0.4, 0.5) is 0 Å². The van der Waals surface area contributed by atoms with Crippen LogP contribution >= 0.6 is 11.3 Å². The summed E-state index contributed by atoms with van der Waals surface area (Å²) in [6.07, 6.45) is 1.45. The van der Waals surface area contributed by atoms with Crippen molar-refractivity contribution >= 4 is 21.4 Å². The second-order valence-corrected chi connectivity index (χ2v) is 6.44. The first-order valence-corrected chi connectivity index (χ1v) is 7.44. The summed E-state index contributed by atoms with van der Waals surface area (Å²) in [6, 6.07) is 3.78. The van der Waals surface area contributed by atoms with Gasteiger partial charge in [0.2, 0.25) is 10.0 Å². The van der Waals surface area contributed by atoms with Crippen LogP contribution in [0.2, 0.25) is 0 Å². The number of furan rings is 1. The van der Waals surface area contributed by atoms with E-state index in [1.807, 2.05) is 17.5 Å². The van der Waals surface area contributed by atoms with Gasteiger partial charge in [-0.3, -0.25) is 0 Å². The topological polar surface area (TPSA) is 59.3 Å². The summed E-state index contributed by atoms with van der Waals surface area (Å²) in [7, 11) is -3.49. The van der Waals surface area contributed by atoms with Crippen LogP contribution in [0.25, 0.3) is 0 Å².